The molecule has 0 aliphatic heterocycles. The van der Waals surface area contributed by atoms with Gasteiger partial charge in [-0.3, -0.25) is 13.9 Å². The Hall–Kier alpha value is -3.36. The minimum absolute atomic E-state index is 0.0616. The highest BCUT2D eigenvalue weighted by Gasteiger charge is 2.33. The fraction of sp³-hybridized carbons (Fsp3) is 0.286. The third-order valence-electron chi connectivity index (χ3n) is 5.56. The van der Waals surface area contributed by atoms with E-state index in [9.17, 15) is 18.0 Å². The molecule has 0 spiro atoms. The lowest BCUT2D eigenvalue weighted by Gasteiger charge is -2.33. The van der Waals surface area contributed by atoms with Gasteiger partial charge in [0, 0.05) is 17.1 Å². The number of carbonyl (C=O) groups is 2. The van der Waals surface area contributed by atoms with E-state index in [1.165, 1.54) is 17.0 Å². The highest BCUT2D eigenvalue weighted by molar-refractivity contribution is 7.92. The van der Waals surface area contributed by atoms with Crippen molar-refractivity contribution in [3.63, 3.8) is 0 Å². The van der Waals surface area contributed by atoms with Crippen LogP contribution in [0.1, 0.15) is 33.3 Å². The van der Waals surface area contributed by atoms with Crippen molar-refractivity contribution in [3.8, 4) is 0 Å². The summed E-state index contributed by atoms with van der Waals surface area (Å²) in [6.45, 7) is 6.77. The molecule has 0 heterocycles. The average Bonchev–Trinajstić information content (AvgIpc) is 2.85. The SMILES string of the molecule is CC(C(=O)NC(C)(C)C)N(Cc1cccc(Cl)c1)C(=O)CN(c1ccccc1)S(=O)(=O)c1ccccc1. The van der Waals surface area contributed by atoms with Gasteiger partial charge in [-0.2, -0.15) is 0 Å². The lowest BCUT2D eigenvalue weighted by Crippen LogP contribution is -2.54. The molecule has 2 amide bonds. The molecule has 7 nitrogen and oxygen atoms in total. The van der Waals surface area contributed by atoms with E-state index in [4.69, 9.17) is 11.6 Å². The Bertz CT molecular complexity index is 1330. The van der Waals surface area contributed by atoms with E-state index in [-0.39, 0.29) is 17.3 Å². The van der Waals surface area contributed by atoms with Gasteiger partial charge in [0.05, 0.1) is 10.6 Å². The van der Waals surface area contributed by atoms with Gasteiger partial charge >= 0.3 is 0 Å². The topological polar surface area (TPSA) is 86.8 Å². The minimum Gasteiger partial charge on any atom is -0.350 e. The Morgan fingerprint density at radius 2 is 1.51 bits per heavy atom. The summed E-state index contributed by atoms with van der Waals surface area (Å²) in [6, 6.07) is 22.5. The number of hydrogen-bond acceptors (Lipinski definition) is 4. The molecule has 0 saturated carbocycles. The number of hydrogen-bond donors (Lipinski definition) is 1. The van der Waals surface area contributed by atoms with Crippen LogP contribution < -0.4 is 9.62 Å². The second-order valence-electron chi connectivity index (χ2n) is 9.73. The molecule has 0 saturated heterocycles. The van der Waals surface area contributed by atoms with Crippen molar-refractivity contribution in [2.45, 2.75) is 50.7 Å². The maximum Gasteiger partial charge on any atom is 0.264 e. The van der Waals surface area contributed by atoms with Crippen molar-refractivity contribution < 1.29 is 18.0 Å². The predicted octanol–water partition coefficient (Wildman–Crippen LogP) is 4.87. The lowest BCUT2D eigenvalue weighted by molar-refractivity contribution is -0.140. The second kappa shape index (κ2) is 11.8. The molecule has 37 heavy (non-hydrogen) atoms. The molecule has 3 aromatic rings. The van der Waals surface area contributed by atoms with Gasteiger partial charge in [0.25, 0.3) is 10.0 Å². The molecule has 0 radical (unpaired) electrons. The first-order valence-corrected chi connectivity index (χ1v) is 13.7. The van der Waals surface area contributed by atoms with Gasteiger partial charge in [0.15, 0.2) is 0 Å². The molecule has 0 aliphatic carbocycles. The first kappa shape index (κ1) is 28.2. The minimum atomic E-state index is -4.07. The predicted molar refractivity (Wildman–Crippen MR) is 147 cm³/mol. The van der Waals surface area contributed by atoms with E-state index in [0.29, 0.717) is 16.3 Å². The first-order valence-electron chi connectivity index (χ1n) is 11.9. The van der Waals surface area contributed by atoms with Gasteiger partial charge in [-0.1, -0.05) is 60.1 Å². The van der Waals surface area contributed by atoms with Crippen LogP contribution in [-0.4, -0.2) is 43.3 Å². The van der Waals surface area contributed by atoms with Crippen LogP contribution in [0.2, 0.25) is 5.02 Å². The summed E-state index contributed by atoms with van der Waals surface area (Å²) < 4.78 is 28.4. The van der Waals surface area contributed by atoms with E-state index in [1.54, 1.807) is 79.7 Å². The number of amides is 2. The molecule has 196 valence electrons. The second-order valence-corrected chi connectivity index (χ2v) is 12.0. The Morgan fingerprint density at radius 3 is 2.08 bits per heavy atom. The van der Waals surface area contributed by atoms with Gasteiger partial charge in [-0.05, 0) is 69.7 Å². The molecule has 0 fully saturated rings. The lowest BCUT2D eigenvalue weighted by atomic mass is 10.1. The third-order valence-corrected chi connectivity index (χ3v) is 7.58. The number of nitrogens with zero attached hydrogens (tertiary/aromatic N) is 2. The molecule has 1 atom stereocenters. The highest BCUT2D eigenvalue weighted by atomic mass is 35.5. The Morgan fingerprint density at radius 1 is 0.919 bits per heavy atom. The molecule has 0 aliphatic rings. The smallest absolute Gasteiger partial charge is 0.264 e. The standard InChI is InChI=1S/C28H32ClN3O4S/c1-21(27(34)30-28(2,3)4)31(19-22-12-11-13-23(29)18-22)26(33)20-32(24-14-7-5-8-15-24)37(35,36)25-16-9-6-10-17-25/h5-18,21H,19-20H2,1-4H3,(H,30,34). The number of nitrogens with one attached hydrogen (secondary N) is 1. The van der Waals surface area contributed by atoms with Crippen LogP contribution in [0, 0.1) is 0 Å². The summed E-state index contributed by atoms with van der Waals surface area (Å²) in [5, 5.41) is 3.40. The summed E-state index contributed by atoms with van der Waals surface area (Å²) in [7, 11) is -4.07. The Balaban J connectivity index is 2.00. The zero-order valence-electron chi connectivity index (χ0n) is 21.4. The first-order chi connectivity index (χ1) is 17.4. The van der Waals surface area contributed by atoms with Crippen LogP contribution in [0.4, 0.5) is 5.69 Å². The number of halogens is 1. The van der Waals surface area contributed by atoms with Gasteiger partial charge < -0.3 is 10.2 Å². The summed E-state index contributed by atoms with van der Waals surface area (Å²) in [4.78, 5) is 28.3. The van der Waals surface area contributed by atoms with Crippen molar-refractivity contribution >= 4 is 39.1 Å². The van der Waals surface area contributed by atoms with Gasteiger partial charge in [0.2, 0.25) is 11.8 Å². The number of anilines is 1. The fourth-order valence-electron chi connectivity index (χ4n) is 3.73. The van der Waals surface area contributed by atoms with Crippen molar-refractivity contribution in [1.82, 2.24) is 10.2 Å². The van der Waals surface area contributed by atoms with Gasteiger partial charge in [-0.15, -0.1) is 0 Å². The molecular weight excluding hydrogens is 510 g/mol. The quantitative estimate of drug-likeness (QED) is 0.419. The molecule has 9 heteroatoms. The monoisotopic (exact) mass is 541 g/mol. The molecule has 3 aromatic carbocycles. The summed E-state index contributed by atoms with van der Waals surface area (Å²) in [5.41, 5.74) is 0.547. The Labute approximate surface area is 224 Å². The molecular formula is C28H32ClN3O4S. The van der Waals surface area contributed by atoms with E-state index in [1.807, 2.05) is 20.8 Å². The van der Waals surface area contributed by atoms with Crippen LogP contribution in [0.25, 0.3) is 0 Å². The van der Waals surface area contributed by atoms with Crippen LogP contribution in [0.15, 0.2) is 89.8 Å². The molecule has 1 N–H and O–H groups in total. The summed E-state index contributed by atoms with van der Waals surface area (Å²) in [6.07, 6.45) is 0. The van der Waals surface area contributed by atoms with Crippen LogP contribution in [0.3, 0.4) is 0 Å². The molecule has 0 aromatic heterocycles. The normalized spacial score (nSPS) is 12.5. The molecule has 3 rings (SSSR count). The summed E-state index contributed by atoms with van der Waals surface area (Å²) >= 11 is 6.16. The van der Waals surface area contributed by atoms with Crippen molar-refractivity contribution in [3.05, 3.63) is 95.5 Å². The Kier molecular flexibility index (Phi) is 8.99. The van der Waals surface area contributed by atoms with Gasteiger partial charge in [-0.25, -0.2) is 8.42 Å². The highest BCUT2D eigenvalue weighted by Crippen LogP contribution is 2.24. The number of rotatable bonds is 9. The van der Waals surface area contributed by atoms with E-state index in [0.717, 1.165) is 4.31 Å². The number of para-hydroxylation sites is 1. The zero-order valence-corrected chi connectivity index (χ0v) is 23.0. The zero-order chi connectivity index (χ0) is 27.2. The van der Waals surface area contributed by atoms with Gasteiger partial charge in [0.1, 0.15) is 12.6 Å². The molecule has 1 unspecified atom stereocenters. The van der Waals surface area contributed by atoms with Crippen LogP contribution in [0.5, 0.6) is 0 Å². The number of carbonyl (C=O) groups excluding carboxylic acids is 2. The summed E-state index contributed by atoms with van der Waals surface area (Å²) in [5.74, 6) is -0.875. The third kappa shape index (κ3) is 7.57. The van der Waals surface area contributed by atoms with Crippen molar-refractivity contribution in [1.29, 1.82) is 0 Å². The van der Waals surface area contributed by atoms with E-state index < -0.39 is 34.1 Å². The van der Waals surface area contributed by atoms with E-state index >= 15 is 0 Å². The largest absolute Gasteiger partial charge is 0.350 e. The van der Waals surface area contributed by atoms with Crippen LogP contribution in [-0.2, 0) is 26.2 Å². The molecule has 0 bridgehead atoms. The maximum atomic E-state index is 13.8. The van der Waals surface area contributed by atoms with Crippen LogP contribution >= 0.6 is 11.6 Å². The number of benzene rings is 3. The van der Waals surface area contributed by atoms with E-state index in [2.05, 4.69) is 5.32 Å². The number of sulfonamides is 1. The average molecular weight is 542 g/mol. The van der Waals surface area contributed by atoms with Crippen molar-refractivity contribution in [2.24, 2.45) is 0 Å². The van der Waals surface area contributed by atoms with Crippen molar-refractivity contribution in [2.75, 3.05) is 10.8 Å². The fourth-order valence-corrected chi connectivity index (χ4v) is 5.38. The maximum absolute atomic E-state index is 13.8.